The van der Waals surface area contributed by atoms with Crippen LogP contribution in [-0.4, -0.2) is 67.6 Å². The monoisotopic (exact) mass is 573 g/mol. The zero-order valence-corrected chi connectivity index (χ0v) is 23.6. The molecule has 3 aromatic rings. The van der Waals surface area contributed by atoms with E-state index in [-0.39, 0.29) is 16.3 Å². The summed E-state index contributed by atoms with van der Waals surface area (Å²) >= 11 is 0. The van der Waals surface area contributed by atoms with Gasteiger partial charge < -0.3 is 19.7 Å². The first-order valence-corrected chi connectivity index (χ1v) is 14.0. The third-order valence-corrected chi connectivity index (χ3v) is 6.85. The molecular weight excluding hydrogens is 538 g/mol. The topological polar surface area (TPSA) is 168 Å². The number of rotatable bonds is 13. The average molecular weight is 574 g/mol. The van der Waals surface area contributed by atoms with Crippen LogP contribution < -0.4 is 10.6 Å². The molecule has 0 unspecified atom stereocenters. The summed E-state index contributed by atoms with van der Waals surface area (Å²) in [6.07, 6.45) is 1.97. The van der Waals surface area contributed by atoms with Gasteiger partial charge in [-0.1, -0.05) is 17.7 Å². The van der Waals surface area contributed by atoms with Crippen molar-refractivity contribution < 1.29 is 27.3 Å². The van der Waals surface area contributed by atoms with Gasteiger partial charge >= 0.3 is 0 Å². The van der Waals surface area contributed by atoms with Crippen molar-refractivity contribution in [2.75, 3.05) is 50.9 Å². The minimum absolute atomic E-state index is 0.0932. The summed E-state index contributed by atoms with van der Waals surface area (Å²) in [5.41, 5.74) is 2.88. The summed E-state index contributed by atoms with van der Waals surface area (Å²) in [5, 5.41) is 27.9. The lowest BCUT2D eigenvalue weighted by Gasteiger charge is -2.30. The van der Waals surface area contributed by atoms with E-state index in [0.717, 1.165) is 60.4 Å². The van der Waals surface area contributed by atoms with E-state index in [4.69, 9.17) is 0 Å². The van der Waals surface area contributed by atoms with Gasteiger partial charge in [-0.3, -0.25) is 20.2 Å². The zero-order valence-electron chi connectivity index (χ0n) is 22.8. The lowest BCUT2D eigenvalue weighted by atomic mass is 10.2. The number of hydrogen-bond acceptors (Lipinski definition) is 9. The molecule has 13 heteroatoms. The van der Waals surface area contributed by atoms with Gasteiger partial charge in [0.2, 0.25) is 0 Å². The molecule has 0 atom stereocenters. The largest absolute Gasteiger partial charge is 0.744 e. The second-order valence-corrected chi connectivity index (χ2v) is 11.2. The molecule has 0 aliphatic carbocycles. The third-order valence-electron chi connectivity index (χ3n) is 6.00. The van der Waals surface area contributed by atoms with Crippen molar-refractivity contribution in [1.82, 2.24) is 0 Å². The maximum atomic E-state index is 10.7. The highest BCUT2D eigenvalue weighted by Crippen LogP contribution is 2.16. The van der Waals surface area contributed by atoms with Crippen LogP contribution in [0.15, 0.2) is 77.7 Å². The van der Waals surface area contributed by atoms with Crippen molar-refractivity contribution in [2.45, 2.75) is 24.7 Å². The first kappa shape index (κ1) is 32.1. The van der Waals surface area contributed by atoms with E-state index < -0.39 is 20.0 Å². The Morgan fingerprint density at radius 3 is 1.40 bits per heavy atom. The highest BCUT2D eigenvalue weighted by atomic mass is 32.2. The molecule has 0 spiro atoms. The standard InChI is InChI=1S/C20H28N5O4.C7H8O3S/c1-25(2,15-3-13-21-17-5-9-19(10-6-17)23(26)27)16-4-14-22-18-7-11-20(12-8-18)24(28)29;1-6-2-4-7(5-3-6)11(8,9)10/h5-12,21-22H,3-4,13-16H2,1-2H3;2-5H,1H3,(H,8,9,10)/q+1;/p-1. The van der Waals surface area contributed by atoms with Gasteiger partial charge in [0.05, 0.1) is 41.9 Å². The number of nitrogens with one attached hydrogen (secondary N) is 2. The molecule has 2 N–H and O–H groups in total. The summed E-state index contributed by atoms with van der Waals surface area (Å²) in [6.45, 7) is 5.46. The van der Waals surface area contributed by atoms with Crippen molar-refractivity contribution in [3.63, 3.8) is 0 Å². The molecule has 40 heavy (non-hydrogen) atoms. The van der Waals surface area contributed by atoms with Crippen LogP contribution in [0.5, 0.6) is 0 Å². The lowest BCUT2D eigenvalue weighted by molar-refractivity contribution is -0.890. The van der Waals surface area contributed by atoms with Crippen molar-refractivity contribution in [2.24, 2.45) is 0 Å². The van der Waals surface area contributed by atoms with E-state index in [1.54, 1.807) is 36.4 Å². The Balaban J connectivity index is 0.000000425. The number of hydrogen-bond donors (Lipinski definition) is 2. The average Bonchev–Trinajstić information content (AvgIpc) is 2.90. The van der Waals surface area contributed by atoms with Gasteiger partial charge in [-0.15, -0.1) is 0 Å². The minimum atomic E-state index is -4.27. The second kappa shape index (κ2) is 14.9. The summed E-state index contributed by atoms with van der Waals surface area (Å²) in [4.78, 5) is 20.3. The molecule has 0 radical (unpaired) electrons. The van der Waals surface area contributed by atoms with Crippen LogP contribution in [0.3, 0.4) is 0 Å². The van der Waals surface area contributed by atoms with Crippen LogP contribution in [0.25, 0.3) is 0 Å². The van der Waals surface area contributed by atoms with E-state index in [2.05, 4.69) is 24.7 Å². The Morgan fingerprint density at radius 2 is 1.07 bits per heavy atom. The van der Waals surface area contributed by atoms with Crippen LogP contribution in [0, 0.1) is 27.2 Å². The molecule has 0 saturated heterocycles. The van der Waals surface area contributed by atoms with Crippen LogP contribution in [0.1, 0.15) is 18.4 Å². The fourth-order valence-electron chi connectivity index (χ4n) is 3.70. The smallest absolute Gasteiger partial charge is 0.269 e. The highest BCUT2D eigenvalue weighted by Gasteiger charge is 2.14. The SMILES string of the molecule is C[N+](C)(CCCNc1ccc([N+](=O)[O-])cc1)CCCNc1ccc([N+](=O)[O-])cc1.Cc1ccc(S(=O)(=O)[O-])cc1. The summed E-state index contributed by atoms with van der Waals surface area (Å²) in [6, 6.07) is 18.7. The van der Waals surface area contributed by atoms with Crippen molar-refractivity contribution in [3.05, 3.63) is 98.6 Å². The van der Waals surface area contributed by atoms with Gasteiger partial charge in [0.25, 0.3) is 11.4 Å². The van der Waals surface area contributed by atoms with Crippen molar-refractivity contribution in [3.8, 4) is 0 Å². The molecule has 0 aliphatic heterocycles. The molecule has 0 amide bonds. The summed E-state index contributed by atoms with van der Waals surface area (Å²) < 4.78 is 32.1. The summed E-state index contributed by atoms with van der Waals surface area (Å²) in [7, 11) is 0.115. The maximum absolute atomic E-state index is 10.7. The van der Waals surface area contributed by atoms with Crippen LogP contribution in [-0.2, 0) is 10.1 Å². The molecule has 3 rings (SSSR count). The van der Waals surface area contributed by atoms with Gasteiger partial charge in [0.15, 0.2) is 0 Å². The molecule has 0 aromatic heterocycles. The molecule has 216 valence electrons. The fraction of sp³-hybridized carbons (Fsp3) is 0.333. The molecule has 0 heterocycles. The van der Waals surface area contributed by atoms with E-state index in [1.807, 2.05) is 6.92 Å². The zero-order chi connectivity index (χ0) is 29.8. The van der Waals surface area contributed by atoms with Gasteiger partial charge in [-0.2, -0.15) is 0 Å². The normalized spacial score (nSPS) is 11.2. The number of non-ortho nitro benzene ring substituents is 2. The Morgan fingerprint density at radius 1 is 0.700 bits per heavy atom. The Hall–Kier alpha value is -4.07. The molecular formula is C27H35N5O7S. The number of quaternary nitrogens is 1. The third kappa shape index (κ3) is 11.8. The molecule has 0 saturated carbocycles. The maximum Gasteiger partial charge on any atom is 0.269 e. The molecule has 3 aromatic carbocycles. The Kier molecular flexibility index (Phi) is 12.0. The Labute approximate surface area is 234 Å². The van der Waals surface area contributed by atoms with E-state index in [1.165, 1.54) is 36.4 Å². The predicted octanol–water partition coefficient (Wildman–Crippen LogP) is 4.78. The van der Waals surface area contributed by atoms with Gasteiger partial charge in [0, 0.05) is 61.6 Å². The van der Waals surface area contributed by atoms with Gasteiger partial charge in [-0.25, -0.2) is 8.42 Å². The van der Waals surface area contributed by atoms with Crippen molar-refractivity contribution in [1.29, 1.82) is 0 Å². The fourth-order valence-corrected chi connectivity index (χ4v) is 4.17. The molecule has 0 aliphatic rings. The quantitative estimate of drug-likeness (QED) is 0.0961. The number of aryl methyl sites for hydroxylation is 1. The minimum Gasteiger partial charge on any atom is -0.744 e. The van der Waals surface area contributed by atoms with Crippen LogP contribution in [0.4, 0.5) is 22.7 Å². The first-order valence-electron chi connectivity index (χ1n) is 12.6. The molecule has 12 nitrogen and oxygen atoms in total. The summed E-state index contributed by atoms with van der Waals surface area (Å²) in [5.74, 6) is 0. The number of nitro groups is 2. The van der Waals surface area contributed by atoms with Crippen LogP contribution >= 0.6 is 0 Å². The van der Waals surface area contributed by atoms with Crippen molar-refractivity contribution >= 4 is 32.9 Å². The number of nitrogens with zero attached hydrogens (tertiary/aromatic N) is 3. The Bertz CT molecular complexity index is 1280. The van der Waals surface area contributed by atoms with E-state index in [0.29, 0.717) is 0 Å². The number of anilines is 2. The first-order chi connectivity index (χ1) is 18.8. The number of nitro benzene ring substituents is 2. The van der Waals surface area contributed by atoms with Gasteiger partial charge in [0.1, 0.15) is 10.1 Å². The second-order valence-electron chi connectivity index (χ2n) is 9.82. The molecule has 0 fully saturated rings. The lowest BCUT2D eigenvalue weighted by Crippen LogP contribution is -2.42. The highest BCUT2D eigenvalue weighted by molar-refractivity contribution is 7.85. The number of benzene rings is 3. The van der Waals surface area contributed by atoms with Gasteiger partial charge in [-0.05, 0) is 43.3 Å². The predicted molar refractivity (Wildman–Crippen MR) is 153 cm³/mol. The van der Waals surface area contributed by atoms with E-state index in [9.17, 15) is 33.2 Å². The van der Waals surface area contributed by atoms with Crippen LogP contribution in [0.2, 0.25) is 0 Å². The molecule has 0 bridgehead atoms. The van der Waals surface area contributed by atoms with E-state index >= 15 is 0 Å².